The van der Waals surface area contributed by atoms with Crippen LogP contribution in [0.4, 0.5) is 0 Å². The van der Waals surface area contributed by atoms with E-state index < -0.39 is 0 Å². The van der Waals surface area contributed by atoms with Crippen LogP contribution in [-0.4, -0.2) is 12.6 Å². The van der Waals surface area contributed by atoms with Crippen molar-refractivity contribution < 1.29 is 4.74 Å². The van der Waals surface area contributed by atoms with Crippen molar-refractivity contribution in [3.63, 3.8) is 0 Å². The van der Waals surface area contributed by atoms with Gasteiger partial charge in [0.05, 0.1) is 6.61 Å². The largest absolute Gasteiger partial charge is 0.494 e. The van der Waals surface area contributed by atoms with Crippen LogP contribution in [0.15, 0.2) is 29.8 Å². The Balaban J connectivity index is 2.68. The van der Waals surface area contributed by atoms with Gasteiger partial charge in [0.1, 0.15) is 5.75 Å². The maximum absolute atomic E-state index is 5.79. The fraction of sp³-hybridized carbons (Fsp3) is 0.429. The summed E-state index contributed by atoms with van der Waals surface area (Å²) in [5.41, 5.74) is 8.13. The molecule has 0 aromatic heterocycles. The highest BCUT2D eigenvalue weighted by Crippen LogP contribution is 2.15. The van der Waals surface area contributed by atoms with Gasteiger partial charge in [-0.25, -0.2) is 0 Å². The summed E-state index contributed by atoms with van der Waals surface area (Å²) in [7, 11) is 0. The molecule has 1 unspecified atom stereocenters. The fourth-order valence-corrected chi connectivity index (χ4v) is 1.27. The summed E-state index contributed by atoms with van der Waals surface area (Å²) in [6, 6.07) is 8.20. The summed E-state index contributed by atoms with van der Waals surface area (Å²) >= 11 is 0. The van der Waals surface area contributed by atoms with E-state index in [1.807, 2.05) is 26.0 Å². The maximum atomic E-state index is 5.79. The molecular weight excluding hydrogens is 198 g/mol. The van der Waals surface area contributed by atoms with Gasteiger partial charge in [-0.1, -0.05) is 30.7 Å². The van der Waals surface area contributed by atoms with Crippen LogP contribution in [0.2, 0.25) is 0 Å². The van der Waals surface area contributed by atoms with Crippen molar-refractivity contribution >= 4 is 6.08 Å². The second-order valence-electron chi connectivity index (χ2n) is 4.09. The average Bonchev–Trinajstić information content (AvgIpc) is 2.28. The molecule has 1 aromatic rings. The van der Waals surface area contributed by atoms with Crippen molar-refractivity contribution in [2.24, 2.45) is 5.73 Å². The SMILES string of the molecule is CCCOc1ccc(/C=C(/C)C(C)N)cc1. The topological polar surface area (TPSA) is 35.2 Å². The maximum Gasteiger partial charge on any atom is 0.119 e. The van der Waals surface area contributed by atoms with Crippen LogP contribution in [0.5, 0.6) is 5.75 Å². The van der Waals surface area contributed by atoms with Gasteiger partial charge in [0, 0.05) is 6.04 Å². The van der Waals surface area contributed by atoms with Gasteiger partial charge >= 0.3 is 0 Å². The number of hydrogen-bond acceptors (Lipinski definition) is 2. The van der Waals surface area contributed by atoms with E-state index >= 15 is 0 Å². The summed E-state index contributed by atoms with van der Waals surface area (Å²) in [5.74, 6) is 0.928. The zero-order chi connectivity index (χ0) is 12.0. The highest BCUT2D eigenvalue weighted by molar-refractivity contribution is 5.54. The standard InChI is InChI=1S/C14H21NO/c1-4-9-16-14-7-5-13(6-8-14)10-11(2)12(3)15/h5-8,10,12H,4,9,15H2,1-3H3/b11-10-. The van der Waals surface area contributed by atoms with E-state index in [2.05, 4.69) is 25.1 Å². The van der Waals surface area contributed by atoms with Crippen LogP contribution in [0.3, 0.4) is 0 Å². The molecule has 0 aliphatic rings. The first kappa shape index (κ1) is 12.8. The van der Waals surface area contributed by atoms with Crippen molar-refractivity contribution in [1.29, 1.82) is 0 Å². The number of hydrogen-bond donors (Lipinski definition) is 1. The molecule has 2 N–H and O–H groups in total. The summed E-state index contributed by atoms with van der Waals surface area (Å²) in [4.78, 5) is 0. The Morgan fingerprint density at radius 3 is 2.50 bits per heavy atom. The zero-order valence-corrected chi connectivity index (χ0v) is 10.4. The third-order valence-corrected chi connectivity index (χ3v) is 2.47. The molecule has 1 aromatic carbocycles. The Kier molecular flexibility index (Phi) is 5.06. The number of nitrogens with two attached hydrogens (primary N) is 1. The van der Waals surface area contributed by atoms with E-state index in [1.54, 1.807) is 0 Å². The highest BCUT2D eigenvalue weighted by atomic mass is 16.5. The number of rotatable bonds is 5. The van der Waals surface area contributed by atoms with Crippen LogP contribution in [0.1, 0.15) is 32.8 Å². The lowest BCUT2D eigenvalue weighted by molar-refractivity contribution is 0.317. The van der Waals surface area contributed by atoms with Crippen LogP contribution in [0, 0.1) is 0 Å². The Morgan fingerprint density at radius 2 is 2.00 bits per heavy atom. The molecule has 0 fully saturated rings. The van der Waals surface area contributed by atoms with E-state index in [4.69, 9.17) is 10.5 Å². The summed E-state index contributed by atoms with van der Waals surface area (Å²) < 4.78 is 5.52. The molecule has 0 amide bonds. The van der Waals surface area contributed by atoms with Crippen LogP contribution in [0.25, 0.3) is 6.08 Å². The Labute approximate surface area is 98.1 Å². The molecule has 2 heteroatoms. The molecular formula is C14H21NO. The quantitative estimate of drug-likeness (QED) is 0.825. The molecule has 0 heterocycles. The summed E-state index contributed by atoms with van der Waals surface area (Å²) in [6.45, 7) is 6.91. The van der Waals surface area contributed by atoms with Gasteiger partial charge in [-0.2, -0.15) is 0 Å². The first-order chi connectivity index (χ1) is 7.63. The Morgan fingerprint density at radius 1 is 1.38 bits per heavy atom. The molecule has 0 aliphatic carbocycles. The van der Waals surface area contributed by atoms with Crippen molar-refractivity contribution in [2.75, 3.05) is 6.61 Å². The van der Waals surface area contributed by atoms with Gasteiger partial charge in [-0.3, -0.25) is 0 Å². The summed E-state index contributed by atoms with van der Waals surface area (Å²) in [5, 5.41) is 0. The van der Waals surface area contributed by atoms with Crippen LogP contribution >= 0.6 is 0 Å². The fourth-order valence-electron chi connectivity index (χ4n) is 1.27. The highest BCUT2D eigenvalue weighted by Gasteiger charge is 1.97. The Bertz CT molecular complexity index is 338. The van der Waals surface area contributed by atoms with E-state index in [0.717, 1.165) is 18.8 Å². The summed E-state index contributed by atoms with van der Waals surface area (Å²) in [6.07, 6.45) is 3.14. The molecule has 2 nitrogen and oxygen atoms in total. The second kappa shape index (κ2) is 6.33. The lowest BCUT2D eigenvalue weighted by atomic mass is 10.1. The molecule has 0 bridgehead atoms. The molecule has 0 spiro atoms. The van der Waals surface area contributed by atoms with Crippen LogP contribution < -0.4 is 10.5 Å². The minimum atomic E-state index is 0.107. The van der Waals surface area contributed by atoms with Gasteiger partial charge in [-0.05, 0) is 38.0 Å². The van der Waals surface area contributed by atoms with Crippen molar-refractivity contribution in [3.8, 4) is 5.75 Å². The van der Waals surface area contributed by atoms with Gasteiger partial charge in [0.2, 0.25) is 0 Å². The van der Waals surface area contributed by atoms with Crippen molar-refractivity contribution in [1.82, 2.24) is 0 Å². The molecule has 0 saturated heterocycles. The first-order valence-corrected chi connectivity index (χ1v) is 5.80. The molecule has 1 atom stereocenters. The third kappa shape index (κ3) is 4.07. The molecule has 0 saturated carbocycles. The van der Waals surface area contributed by atoms with Crippen molar-refractivity contribution in [2.45, 2.75) is 33.2 Å². The predicted molar refractivity (Wildman–Crippen MR) is 69.5 cm³/mol. The normalized spacial score (nSPS) is 13.6. The minimum absolute atomic E-state index is 0.107. The van der Waals surface area contributed by atoms with Gasteiger partial charge < -0.3 is 10.5 Å². The van der Waals surface area contributed by atoms with Gasteiger partial charge in [0.15, 0.2) is 0 Å². The molecule has 88 valence electrons. The smallest absolute Gasteiger partial charge is 0.119 e. The predicted octanol–water partition coefficient (Wildman–Crippen LogP) is 3.23. The monoisotopic (exact) mass is 219 g/mol. The van der Waals surface area contributed by atoms with Gasteiger partial charge in [-0.15, -0.1) is 0 Å². The minimum Gasteiger partial charge on any atom is -0.494 e. The first-order valence-electron chi connectivity index (χ1n) is 5.80. The molecule has 16 heavy (non-hydrogen) atoms. The zero-order valence-electron chi connectivity index (χ0n) is 10.4. The number of ether oxygens (including phenoxy) is 1. The van der Waals surface area contributed by atoms with Crippen LogP contribution in [-0.2, 0) is 0 Å². The lowest BCUT2D eigenvalue weighted by Gasteiger charge is -2.06. The van der Waals surface area contributed by atoms with E-state index in [0.29, 0.717) is 0 Å². The van der Waals surface area contributed by atoms with Crippen molar-refractivity contribution in [3.05, 3.63) is 35.4 Å². The number of benzene rings is 1. The van der Waals surface area contributed by atoms with E-state index in [9.17, 15) is 0 Å². The lowest BCUT2D eigenvalue weighted by Crippen LogP contribution is -2.15. The molecule has 0 radical (unpaired) electrons. The molecule has 0 aliphatic heterocycles. The van der Waals surface area contributed by atoms with E-state index in [-0.39, 0.29) is 6.04 Å². The second-order valence-corrected chi connectivity index (χ2v) is 4.09. The molecule has 1 rings (SSSR count). The van der Waals surface area contributed by atoms with Gasteiger partial charge in [0.25, 0.3) is 0 Å². The van der Waals surface area contributed by atoms with E-state index in [1.165, 1.54) is 11.1 Å². The Hall–Kier alpha value is -1.28. The third-order valence-electron chi connectivity index (χ3n) is 2.47. The average molecular weight is 219 g/mol.